The number of fused-ring (bicyclic) bond motifs is 1. The second-order valence-electron chi connectivity index (χ2n) is 5.92. The maximum atomic E-state index is 12.5. The molecular weight excluding hydrogens is 312 g/mol. The highest BCUT2D eigenvalue weighted by atomic mass is 16.5. The minimum atomic E-state index is -0.668. The van der Waals surface area contributed by atoms with E-state index in [4.69, 9.17) is 9.47 Å². The quantitative estimate of drug-likeness (QED) is 0.768. The minimum absolute atomic E-state index is 0.0686. The number of anilines is 1. The maximum absolute atomic E-state index is 12.5. The van der Waals surface area contributed by atoms with Gasteiger partial charge in [0.2, 0.25) is 5.91 Å². The molecule has 1 unspecified atom stereocenters. The molecule has 2 heterocycles. The van der Waals surface area contributed by atoms with Crippen molar-refractivity contribution in [1.29, 1.82) is 0 Å². The van der Waals surface area contributed by atoms with Gasteiger partial charge in [0.15, 0.2) is 11.9 Å². The molecule has 7 heteroatoms. The summed E-state index contributed by atoms with van der Waals surface area (Å²) in [6.45, 7) is 5.09. The van der Waals surface area contributed by atoms with Crippen LogP contribution in [0, 0.1) is 0 Å². The number of benzene rings is 1. The molecule has 1 saturated heterocycles. The Labute approximate surface area is 140 Å². The minimum Gasteiger partial charge on any atom is -0.479 e. The molecule has 0 radical (unpaired) electrons. The number of amides is 2. The van der Waals surface area contributed by atoms with Crippen molar-refractivity contribution < 1.29 is 23.9 Å². The van der Waals surface area contributed by atoms with E-state index in [1.165, 1.54) is 11.8 Å². The Morgan fingerprint density at radius 3 is 2.62 bits per heavy atom. The van der Waals surface area contributed by atoms with Gasteiger partial charge in [0.25, 0.3) is 5.91 Å². The van der Waals surface area contributed by atoms with Crippen LogP contribution in [0.3, 0.4) is 0 Å². The van der Waals surface area contributed by atoms with Crippen LogP contribution in [0.5, 0.6) is 5.75 Å². The van der Waals surface area contributed by atoms with E-state index in [9.17, 15) is 14.4 Å². The van der Waals surface area contributed by atoms with E-state index in [1.807, 2.05) is 0 Å². The van der Waals surface area contributed by atoms with Gasteiger partial charge in [-0.2, -0.15) is 0 Å². The number of Topliss-reactive ketones (excluding diaryl/α,β-unsaturated/α-hetero) is 1. The van der Waals surface area contributed by atoms with E-state index < -0.39 is 6.10 Å². The number of rotatable bonds is 3. The molecule has 0 N–H and O–H groups in total. The van der Waals surface area contributed by atoms with Crippen molar-refractivity contribution in [2.45, 2.75) is 20.0 Å². The Morgan fingerprint density at radius 1 is 1.25 bits per heavy atom. The van der Waals surface area contributed by atoms with E-state index in [1.54, 1.807) is 30.0 Å². The number of nitrogens with zero attached hydrogens (tertiary/aromatic N) is 2. The van der Waals surface area contributed by atoms with E-state index in [0.717, 1.165) is 0 Å². The summed E-state index contributed by atoms with van der Waals surface area (Å²) in [4.78, 5) is 39.7. The number of morpholine rings is 1. The van der Waals surface area contributed by atoms with E-state index in [-0.39, 0.29) is 24.1 Å². The SMILES string of the molecule is CC(=O)c1ccc2c(c1)N(CC(=O)N1CCOCC1)C(=O)C(C)O2. The first-order chi connectivity index (χ1) is 11.5. The lowest BCUT2D eigenvalue weighted by atomic mass is 10.1. The molecule has 2 amide bonds. The number of carbonyl (C=O) groups excluding carboxylic acids is 3. The zero-order valence-corrected chi connectivity index (χ0v) is 13.8. The Bertz CT molecular complexity index is 682. The monoisotopic (exact) mass is 332 g/mol. The molecule has 1 atom stereocenters. The van der Waals surface area contributed by atoms with Crippen LogP contribution < -0.4 is 9.64 Å². The number of hydrogen-bond donors (Lipinski definition) is 0. The van der Waals surface area contributed by atoms with Crippen molar-refractivity contribution in [3.8, 4) is 5.75 Å². The Balaban J connectivity index is 1.88. The molecule has 3 rings (SSSR count). The van der Waals surface area contributed by atoms with Gasteiger partial charge in [0, 0.05) is 18.7 Å². The topological polar surface area (TPSA) is 76.2 Å². The predicted molar refractivity (Wildman–Crippen MR) is 86.3 cm³/mol. The Morgan fingerprint density at radius 2 is 1.96 bits per heavy atom. The molecule has 0 saturated carbocycles. The van der Waals surface area contributed by atoms with Crippen LogP contribution in [0.25, 0.3) is 0 Å². The van der Waals surface area contributed by atoms with Gasteiger partial charge >= 0.3 is 0 Å². The van der Waals surface area contributed by atoms with Crippen molar-refractivity contribution >= 4 is 23.3 Å². The van der Waals surface area contributed by atoms with Crippen LogP contribution in [-0.2, 0) is 14.3 Å². The molecule has 2 aliphatic rings. The molecule has 0 spiro atoms. The molecule has 1 aromatic rings. The lowest BCUT2D eigenvalue weighted by Gasteiger charge is -2.35. The zero-order valence-electron chi connectivity index (χ0n) is 13.8. The Kier molecular flexibility index (Phi) is 4.53. The summed E-state index contributed by atoms with van der Waals surface area (Å²) in [6, 6.07) is 4.93. The third kappa shape index (κ3) is 3.12. The molecule has 24 heavy (non-hydrogen) atoms. The summed E-state index contributed by atoms with van der Waals surface area (Å²) in [6.07, 6.45) is -0.668. The molecule has 1 fully saturated rings. The molecule has 1 aromatic carbocycles. The van der Waals surface area contributed by atoms with Crippen molar-refractivity contribution in [1.82, 2.24) is 4.90 Å². The van der Waals surface area contributed by atoms with Crippen LogP contribution in [-0.4, -0.2) is 61.4 Å². The normalized spacial score (nSPS) is 20.4. The van der Waals surface area contributed by atoms with Gasteiger partial charge in [0.1, 0.15) is 12.3 Å². The van der Waals surface area contributed by atoms with Crippen molar-refractivity contribution in [2.75, 3.05) is 37.7 Å². The molecule has 0 aliphatic carbocycles. The largest absolute Gasteiger partial charge is 0.479 e. The van der Waals surface area contributed by atoms with Gasteiger partial charge in [-0.1, -0.05) is 0 Å². The van der Waals surface area contributed by atoms with Gasteiger partial charge in [-0.3, -0.25) is 19.3 Å². The van der Waals surface area contributed by atoms with Crippen molar-refractivity contribution in [3.05, 3.63) is 23.8 Å². The highest BCUT2D eigenvalue weighted by Crippen LogP contribution is 2.35. The van der Waals surface area contributed by atoms with Crippen LogP contribution in [0.4, 0.5) is 5.69 Å². The summed E-state index contributed by atoms with van der Waals surface area (Å²) in [7, 11) is 0. The summed E-state index contributed by atoms with van der Waals surface area (Å²) in [5.41, 5.74) is 0.941. The van der Waals surface area contributed by atoms with Crippen molar-refractivity contribution in [2.24, 2.45) is 0 Å². The lowest BCUT2D eigenvalue weighted by molar-refractivity contribution is -0.136. The van der Waals surface area contributed by atoms with Crippen LogP contribution >= 0.6 is 0 Å². The van der Waals surface area contributed by atoms with Crippen molar-refractivity contribution in [3.63, 3.8) is 0 Å². The highest BCUT2D eigenvalue weighted by molar-refractivity contribution is 6.05. The number of hydrogen-bond acceptors (Lipinski definition) is 5. The number of ether oxygens (including phenoxy) is 2. The second-order valence-corrected chi connectivity index (χ2v) is 5.92. The fourth-order valence-corrected chi connectivity index (χ4v) is 2.84. The fourth-order valence-electron chi connectivity index (χ4n) is 2.84. The standard InChI is InChI=1S/C17H20N2O5/c1-11(20)13-3-4-15-14(9-13)19(17(22)12(2)24-15)10-16(21)18-5-7-23-8-6-18/h3-4,9,12H,5-8,10H2,1-2H3. The van der Waals surface area contributed by atoms with Gasteiger partial charge in [-0.15, -0.1) is 0 Å². The fraction of sp³-hybridized carbons (Fsp3) is 0.471. The lowest BCUT2D eigenvalue weighted by Crippen LogP contribution is -2.51. The molecular formula is C17H20N2O5. The maximum Gasteiger partial charge on any atom is 0.268 e. The summed E-state index contributed by atoms with van der Waals surface area (Å²) >= 11 is 0. The smallest absolute Gasteiger partial charge is 0.268 e. The highest BCUT2D eigenvalue weighted by Gasteiger charge is 2.34. The molecule has 0 aromatic heterocycles. The van der Waals surface area contributed by atoms with Gasteiger partial charge in [0.05, 0.1) is 18.9 Å². The summed E-state index contributed by atoms with van der Waals surface area (Å²) < 4.78 is 10.8. The molecule has 2 aliphatic heterocycles. The van der Waals surface area contributed by atoms with Crippen LogP contribution in [0.15, 0.2) is 18.2 Å². The molecule has 128 valence electrons. The molecule has 0 bridgehead atoms. The predicted octanol–water partition coefficient (Wildman–Crippen LogP) is 0.862. The first-order valence-electron chi connectivity index (χ1n) is 7.96. The number of ketones is 1. The molecule has 7 nitrogen and oxygen atoms in total. The van der Waals surface area contributed by atoms with Crippen LogP contribution in [0.1, 0.15) is 24.2 Å². The van der Waals surface area contributed by atoms with E-state index >= 15 is 0 Å². The number of carbonyl (C=O) groups is 3. The third-order valence-corrected chi connectivity index (χ3v) is 4.23. The third-order valence-electron chi connectivity index (χ3n) is 4.23. The van der Waals surface area contributed by atoms with E-state index in [0.29, 0.717) is 43.3 Å². The summed E-state index contributed by atoms with van der Waals surface area (Å²) in [5, 5.41) is 0. The average Bonchev–Trinajstić information content (AvgIpc) is 2.59. The van der Waals surface area contributed by atoms with Gasteiger partial charge in [-0.25, -0.2) is 0 Å². The summed E-state index contributed by atoms with van der Waals surface area (Å²) in [5.74, 6) is -0.0325. The van der Waals surface area contributed by atoms with Gasteiger partial charge < -0.3 is 14.4 Å². The van der Waals surface area contributed by atoms with Gasteiger partial charge in [-0.05, 0) is 32.0 Å². The van der Waals surface area contributed by atoms with E-state index in [2.05, 4.69) is 0 Å². The van der Waals surface area contributed by atoms with Crippen LogP contribution in [0.2, 0.25) is 0 Å². The Hall–Kier alpha value is -2.41. The zero-order chi connectivity index (χ0) is 17.3. The second kappa shape index (κ2) is 6.60. The first-order valence-corrected chi connectivity index (χ1v) is 7.96. The average molecular weight is 332 g/mol. The first kappa shape index (κ1) is 16.4.